The maximum Gasteiger partial charge on any atom is 0.263 e. The van der Waals surface area contributed by atoms with Gasteiger partial charge in [-0.25, -0.2) is 4.98 Å². The maximum absolute atomic E-state index is 13.0. The molecule has 1 N–H and O–H groups in total. The Hall–Kier alpha value is -2.32. The Morgan fingerprint density at radius 2 is 2.07 bits per heavy atom. The van der Waals surface area contributed by atoms with Gasteiger partial charge in [0.2, 0.25) is 5.91 Å². The summed E-state index contributed by atoms with van der Waals surface area (Å²) in [5.41, 5.74) is 2.59. The van der Waals surface area contributed by atoms with Crippen LogP contribution in [0, 0.1) is 20.8 Å². The average Bonchev–Trinajstić information content (AvgIpc) is 2.96. The highest BCUT2D eigenvalue weighted by molar-refractivity contribution is 8.00. The van der Waals surface area contributed by atoms with Gasteiger partial charge in [-0.3, -0.25) is 14.2 Å². The van der Waals surface area contributed by atoms with Gasteiger partial charge in [0.05, 0.1) is 23.4 Å². The van der Waals surface area contributed by atoms with Crippen LogP contribution in [-0.4, -0.2) is 27.8 Å². The Balaban J connectivity index is 1.89. The second-order valence-electron chi connectivity index (χ2n) is 6.86. The van der Waals surface area contributed by atoms with Gasteiger partial charge in [0, 0.05) is 11.4 Å². The van der Waals surface area contributed by atoms with Gasteiger partial charge in [0.1, 0.15) is 10.6 Å². The highest BCUT2D eigenvalue weighted by Gasteiger charge is 2.22. The van der Waals surface area contributed by atoms with E-state index in [4.69, 9.17) is 9.72 Å². The van der Waals surface area contributed by atoms with Gasteiger partial charge in [-0.15, -0.1) is 11.3 Å². The molecular formula is C21H25N3O3S2. The summed E-state index contributed by atoms with van der Waals surface area (Å²) in [5, 5.41) is 3.73. The summed E-state index contributed by atoms with van der Waals surface area (Å²) in [5.74, 6) is 0.435. The van der Waals surface area contributed by atoms with Crippen molar-refractivity contribution >= 4 is 44.9 Å². The van der Waals surface area contributed by atoms with Crippen LogP contribution in [-0.2, 0) is 11.3 Å². The van der Waals surface area contributed by atoms with E-state index in [0.717, 1.165) is 20.8 Å². The maximum atomic E-state index is 13.0. The zero-order valence-corrected chi connectivity index (χ0v) is 19.1. The first-order chi connectivity index (χ1) is 13.8. The van der Waals surface area contributed by atoms with Crippen LogP contribution < -0.4 is 15.6 Å². The molecule has 0 fully saturated rings. The molecule has 0 saturated heterocycles. The van der Waals surface area contributed by atoms with Crippen LogP contribution in [0.5, 0.6) is 5.75 Å². The van der Waals surface area contributed by atoms with Gasteiger partial charge in [-0.1, -0.05) is 17.8 Å². The molecule has 3 aromatic rings. The van der Waals surface area contributed by atoms with Crippen molar-refractivity contribution in [1.29, 1.82) is 0 Å². The average molecular weight is 432 g/mol. The molecule has 1 unspecified atom stereocenters. The van der Waals surface area contributed by atoms with Gasteiger partial charge in [-0.2, -0.15) is 0 Å². The zero-order chi connectivity index (χ0) is 21.3. The minimum Gasteiger partial charge on any atom is -0.495 e. The van der Waals surface area contributed by atoms with Crippen LogP contribution in [0.4, 0.5) is 5.69 Å². The first kappa shape index (κ1) is 21.4. The molecule has 1 atom stereocenters. The summed E-state index contributed by atoms with van der Waals surface area (Å²) in [6, 6.07) is 5.63. The van der Waals surface area contributed by atoms with Crippen molar-refractivity contribution < 1.29 is 9.53 Å². The number of thiophene rings is 1. The lowest BCUT2D eigenvalue weighted by Crippen LogP contribution is -2.26. The highest BCUT2D eigenvalue weighted by atomic mass is 32.2. The summed E-state index contributed by atoms with van der Waals surface area (Å²) in [4.78, 5) is 32.3. The molecule has 1 aromatic carbocycles. The van der Waals surface area contributed by atoms with Crippen LogP contribution >= 0.6 is 23.1 Å². The number of anilines is 1. The Bertz CT molecular complexity index is 1130. The Morgan fingerprint density at radius 1 is 1.34 bits per heavy atom. The molecule has 0 aliphatic carbocycles. The number of ether oxygens (including phenoxy) is 1. The number of methoxy groups -OCH3 is 1. The van der Waals surface area contributed by atoms with Crippen molar-refractivity contribution in [3.63, 3.8) is 0 Å². The monoisotopic (exact) mass is 431 g/mol. The van der Waals surface area contributed by atoms with Crippen molar-refractivity contribution in [2.24, 2.45) is 0 Å². The number of thioether (sulfide) groups is 1. The van der Waals surface area contributed by atoms with Gasteiger partial charge < -0.3 is 10.1 Å². The van der Waals surface area contributed by atoms with Gasteiger partial charge >= 0.3 is 0 Å². The second kappa shape index (κ2) is 8.59. The molecule has 0 spiro atoms. The molecule has 2 heterocycles. The minimum atomic E-state index is -0.440. The first-order valence-electron chi connectivity index (χ1n) is 9.39. The molecule has 3 rings (SSSR count). The number of carbonyl (C=O) groups is 1. The second-order valence-corrected chi connectivity index (χ2v) is 9.37. The van der Waals surface area contributed by atoms with Crippen molar-refractivity contribution in [2.75, 3.05) is 12.4 Å². The Morgan fingerprint density at radius 3 is 2.72 bits per heavy atom. The van der Waals surface area contributed by atoms with E-state index in [1.165, 1.54) is 23.1 Å². The van der Waals surface area contributed by atoms with Crippen molar-refractivity contribution in [3.8, 4) is 5.75 Å². The molecule has 6 nitrogen and oxygen atoms in total. The van der Waals surface area contributed by atoms with Crippen LogP contribution in [0.1, 0.15) is 29.9 Å². The summed E-state index contributed by atoms with van der Waals surface area (Å²) in [6.07, 6.45) is 0. The highest BCUT2D eigenvalue weighted by Crippen LogP contribution is 2.31. The number of fused-ring (bicyclic) bond motifs is 1. The fourth-order valence-electron chi connectivity index (χ4n) is 3.04. The quantitative estimate of drug-likeness (QED) is 0.458. The van der Waals surface area contributed by atoms with E-state index in [-0.39, 0.29) is 11.5 Å². The van der Waals surface area contributed by atoms with E-state index in [1.54, 1.807) is 11.7 Å². The van der Waals surface area contributed by atoms with Gasteiger partial charge in [0.25, 0.3) is 5.56 Å². The first-order valence-corrected chi connectivity index (χ1v) is 11.1. The predicted molar refractivity (Wildman–Crippen MR) is 121 cm³/mol. The van der Waals surface area contributed by atoms with Crippen LogP contribution in [0.3, 0.4) is 0 Å². The van der Waals surface area contributed by atoms with Gasteiger partial charge in [0.15, 0.2) is 5.16 Å². The molecular weight excluding hydrogens is 406 g/mol. The fourth-order valence-corrected chi connectivity index (χ4v) is 5.09. The number of nitrogens with one attached hydrogen (secondary N) is 1. The molecule has 0 bridgehead atoms. The van der Waals surface area contributed by atoms with Gasteiger partial charge in [-0.05, 0) is 57.9 Å². The number of aryl methyl sites for hydroxylation is 3. The number of carbonyl (C=O) groups excluding carboxylic acids is 1. The van der Waals surface area contributed by atoms with E-state index < -0.39 is 5.25 Å². The largest absolute Gasteiger partial charge is 0.495 e. The third-order valence-corrected chi connectivity index (χ3v) is 7.03. The molecule has 0 aliphatic heterocycles. The summed E-state index contributed by atoms with van der Waals surface area (Å²) >= 11 is 2.81. The van der Waals surface area contributed by atoms with E-state index in [1.807, 2.05) is 52.8 Å². The summed E-state index contributed by atoms with van der Waals surface area (Å²) < 4.78 is 6.98. The fraction of sp³-hybridized carbons (Fsp3) is 0.381. The smallest absolute Gasteiger partial charge is 0.263 e. The van der Waals surface area contributed by atoms with Crippen molar-refractivity contribution in [3.05, 3.63) is 44.6 Å². The number of nitrogens with zero attached hydrogens (tertiary/aromatic N) is 2. The SMILES string of the molecule is CCn1c(SC(C)C(=O)Nc2cc(C)ccc2OC)nc2sc(C)c(C)c2c1=O. The third-order valence-electron chi connectivity index (χ3n) is 4.83. The Kier molecular flexibility index (Phi) is 6.33. The number of hydrogen-bond acceptors (Lipinski definition) is 6. The number of benzene rings is 1. The van der Waals surface area contributed by atoms with Crippen molar-refractivity contribution in [2.45, 2.75) is 51.6 Å². The number of amides is 1. The lowest BCUT2D eigenvalue weighted by molar-refractivity contribution is -0.115. The lowest BCUT2D eigenvalue weighted by Gasteiger charge is -2.16. The number of aromatic nitrogens is 2. The molecule has 0 aliphatic rings. The molecule has 2 aromatic heterocycles. The molecule has 1 amide bonds. The van der Waals surface area contributed by atoms with Crippen LogP contribution in [0.15, 0.2) is 28.2 Å². The summed E-state index contributed by atoms with van der Waals surface area (Å²) in [7, 11) is 1.57. The van der Waals surface area contributed by atoms with E-state index in [2.05, 4.69) is 5.32 Å². The standard InChI is InChI=1S/C21H25N3O3S2/c1-7-24-20(26)17-12(3)13(4)28-19(17)23-21(24)29-14(5)18(25)22-15-10-11(2)8-9-16(15)27-6/h8-10,14H,7H2,1-6H3,(H,22,25). The summed E-state index contributed by atoms with van der Waals surface area (Å²) in [6.45, 7) is 10.1. The van der Waals surface area contributed by atoms with E-state index in [0.29, 0.717) is 28.5 Å². The third kappa shape index (κ3) is 4.18. The molecule has 29 heavy (non-hydrogen) atoms. The number of hydrogen-bond donors (Lipinski definition) is 1. The van der Waals surface area contributed by atoms with Crippen LogP contribution in [0.25, 0.3) is 10.2 Å². The predicted octanol–water partition coefficient (Wildman–Crippen LogP) is 4.53. The molecule has 0 saturated carbocycles. The normalized spacial score (nSPS) is 12.2. The molecule has 0 radical (unpaired) electrons. The van der Waals surface area contributed by atoms with Crippen molar-refractivity contribution in [1.82, 2.24) is 9.55 Å². The molecule has 154 valence electrons. The van der Waals surface area contributed by atoms with Crippen LogP contribution in [0.2, 0.25) is 0 Å². The lowest BCUT2D eigenvalue weighted by atomic mass is 10.2. The Labute approximate surface area is 178 Å². The van der Waals surface area contributed by atoms with E-state index in [9.17, 15) is 9.59 Å². The zero-order valence-electron chi connectivity index (χ0n) is 17.5. The minimum absolute atomic E-state index is 0.0465. The molecule has 8 heteroatoms. The van der Waals surface area contributed by atoms with E-state index >= 15 is 0 Å². The topological polar surface area (TPSA) is 73.2 Å². The number of rotatable bonds is 6.